The fourth-order valence-corrected chi connectivity index (χ4v) is 2.24. The first kappa shape index (κ1) is 16.3. The third kappa shape index (κ3) is 3.84. The van der Waals surface area contributed by atoms with E-state index < -0.39 is 10.9 Å². The van der Waals surface area contributed by atoms with Crippen molar-refractivity contribution in [3.63, 3.8) is 0 Å². The minimum atomic E-state index is -1.13. The number of carboxylic acid groups (broad SMARTS) is 1. The second kappa shape index (κ2) is 6.88. The summed E-state index contributed by atoms with van der Waals surface area (Å²) in [6.07, 6.45) is 0. The van der Waals surface area contributed by atoms with Crippen LogP contribution in [0.5, 0.6) is 5.75 Å². The van der Waals surface area contributed by atoms with Crippen LogP contribution in [0.4, 0.5) is 5.69 Å². The lowest BCUT2D eigenvalue weighted by molar-refractivity contribution is -0.384. The van der Waals surface area contributed by atoms with Crippen molar-refractivity contribution in [3.8, 4) is 16.9 Å². The van der Waals surface area contributed by atoms with Crippen LogP contribution in [-0.2, 0) is 6.61 Å². The van der Waals surface area contributed by atoms with Crippen LogP contribution in [0.15, 0.2) is 65.1 Å². The van der Waals surface area contributed by atoms with Crippen molar-refractivity contribution in [3.05, 3.63) is 82.3 Å². The number of ether oxygens (including phenoxy) is 1. The smallest absolute Gasteiger partial charge is 0.371 e. The van der Waals surface area contributed by atoms with Gasteiger partial charge in [-0.1, -0.05) is 12.1 Å². The Morgan fingerprint density at radius 1 is 1.00 bits per heavy atom. The Kier molecular flexibility index (Phi) is 4.47. The molecule has 0 fully saturated rings. The van der Waals surface area contributed by atoms with E-state index in [0.717, 1.165) is 11.1 Å². The molecule has 7 heteroatoms. The molecule has 0 amide bonds. The number of nitro benzene ring substituents is 1. The number of hydrogen-bond donors (Lipinski definition) is 1. The van der Waals surface area contributed by atoms with Crippen molar-refractivity contribution >= 4 is 11.7 Å². The number of non-ortho nitro benzene ring substituents is 1. The number of rotatable bonds is 6. The summed E-state index contributed by atoms with van der Waals surface area (Å²) in [6.45, 7) is 0.115. The molecule has 2 aromatic carbocycles. The number of furan rings is 1. The zero-order valence-corrected chi connectivity index (χ0v) is 12.9. The fourth-order valence-electron chi connectivity index (χ4n) is 2.24. The van der Waals surface area contributed by atoms with Gasteiger partial charge in [-0.25, -0.2) is 4.79 Å². The van der Waals surface area contributed by atoms with Crippen LogP contribution in [0.3, 0.4) is 0 Å². The average Bonchev–Trinajstić information content (AvgIpc) is 3.10. The predicted molar refractivity (Wildman–Crippen MR) is 88.5 cm³/mol. The predicted octanol–water partition coefficient (Wildman–Crippen LogP) is 4.13. The Morgan fingerprint density at radius 3 is 2.12 bits per heavy atom. The Bertz CT molecular complexity index is 896. The van der Waals surface area contributed by atoms with E-state index in [1.54, 1.807) is 30.3 Å². The first-order valence-corrected chi connectivity index (χ1v) is 7.32. The van der Waals surface area contributed by atoms with Crippen LogP contribution < -0.4 is 4.74 Å². The van der Waals surface area contributed by atoms with Crippen molar-refractivity contribution < 1.29 is 24.0 Å². The van der Waals surface area contributed by atoms with Crippen molar-refractivity contribution in [1.82, 2.24) is 0 Å². The summed E-state index contributed by atoms with van der Waals surface area (Å²) in [5.74, 6) is -0.249. The maximum absolute atomic E-state index is 10.7. The molecule has 0 radical (unpaired) electrons. The number of carbonyl (C=O) groups is 1. The Labute approximate surface area is 142 Å². The molecule has 3 rings (SSSR count). The van der Waals surface area contributed by atoms with E-state index in [4.69, 9.17) is 14.3 Å². The highest BCUT2D eigenvalue weighted by molar-refractivity contribution is 5.84. The lowest BCUT2D eigenvalue weighted by Crippen LogP contribution is -1.95. The van der Waals surface area contributed by atoms with Gasteiger partial charge in [-0.2, -0.15) is 0 Å². The van der Waals surface area contributed by atoms with Crippen molar-refractivity contribution in [2.24, 2.45) is 0 Å². The van der Waals surface area contributed by atoms with Gasteiger partial charge in [-0.15, -0.1) is 0 Å². The first-order valence-electron chi connectivity index (χ1n) is 7.32. The molecule has 0 saturated carbocycles. The van der Waals surface area contributed by atoms with Crippen LogP contribution in [0.2, 0.25) is 0 Å². The van der Waals surface area contributed by atoms with Crippen molar-refractivity contribution in [1.29, 1.82) is 0 Å². The topological polar surface area (TPSA) is 103 Å². The Balaban J connectivity index is 1.65. The average molecular weight is 339 g/mol. The highest BCUT2D eigenvalue weighted by Crippen LogP contribution is 2.25. The summed E-state index contributed by atoms with van der Waals surface area (Å²) in [5, 5.41) is 19.5. The SMILES string of the molecule is O=C(O)c1ccc(COc2ccc(-c3ccc([N+](=O)[O-])cc3)cc2)o1. The molecule has 0 spiro atoms. The Morgan fingerprint density at radius 2 is 1.60 bits per heavy atom. The maximum atomic E-state index is 10.7. The van der Waals surface area contributed by atoms with Crippen LogP contribution >= 0.6 is 0 Å². The third-order valence-electron chi connectivity index (χ3n) is 3.52. The van der Waals surface area contributed by atoms with E-state index in [0.29, 0.717) is 11.5 Å². The quantitative estimate of drug-likeness (QED) is 0.535. The molecule has 0 saturated heterocycles. The number of carboxylic acids is 1. The molecule has 25 heavy (non-hydrogen) atoms. The standard InChI is InChI=1S/C18H13NO6/c20-18(21)17-10-9-16(25-17)11-24-15-7-3-13(4-8-15)12-1-5-14(6-2-12)19(22)23/h1-10H,11H2,(H,20,21). The molecule has 0 atom stereocenters. The molecule has 1 N–H and O–H groups in total. The summed E-state index contributed by atoms with van der Waals surface area (Å²) < 4.78 is 10.7. The van der Waals surface area contributed by atoms with E-state index in [2.05, 4.69) is 0 Å². The van der Waals surface area contributed by atoms with Crippen LogP contribution in [0.1, 0.15) is 16.3 Å². The van der Waals surface area contributed by atoms with Crippen LogP contribution in [0, 0.1) is 10.1 Å². The molecule has 0 bridgehead atoms. The molecule has 1 aromatic heterocycles. The number of aromatic carboxylic acids is 1. The number of benzene rings is 2. The van der Waals surface area contributed by atoms with Gasteiger partial charge in [0.25, 0.3) is 5.69 Å². The molecular formula is C18H13NO6. The number of nitro groups is 1. The lowest BCUT2D eigenvalue weighted by atomic mass is 10.1. The minimum absolute atomic E-state index is 0.0443. The van der Waals surface area contributed by atoms with Gasteiger partial charge in [0.1, 0.15) is 18.1 Å². The largest absolute Gasteiger partial charge is 0.486 e. The van der Waals surface area contributed by atoms with Crippen LogP contribution in [-0.4, -0.2) is 16.0 Å². The van der Waals surface area contributed by atoms with E-state index in [1.165, 1.54) is 18.2 Å². The summed E-state index contributed by atoms with van der Waals surface area (Å²) in [4.78, 5) is 21.0. The molecule has 0 aliphatic carbocycles. The van der Waals surface area contributed by atoms with Crippen molar-refractivity contribution in [2.45, 2.75) is 6.61 Å². The maximum Gasteiger partial charge on any atom is 0.371 e. The highest BCUT2D eigenvalue weighted by Gasteiger charge is 2.09. The van der Waals surface area contributed by atoms with Gasteiger partial charge in [-0.3, -0.25) is 10.1 Å². The normalized spacial score (nSPS) is 10.4. The van der Waals surface area contributed by atoms with Crippen LogP contribution in [0.25, 0.3) is 11.1 Å². The van der Waals surface area contributed by atoms with Gasteiger partial charge in [-0.05, 0) is 47.5 Å². The second-order valence-corrected chi connectivity index (χ2v) is 5.19. The molecule has 0 aliphatic heterocycles. The van der Waals surface area contributed by atoms with Gasteiger partial charge >= 0.3 is 5.97 Å². The van der Waals surface area contributed by atoms with E-state index in [1.807, 2.05) is 12.1 Å². The van der Waals surface area contributed by atoms with E-state index in [9.17, 15) is 14.9 Å². The number of hydrogen-bond acceptors (Lipinski definition) is 5. The molecule has 0 aliphatic rings. The van der Waals surface area contributed by atoms with Gasteiger partial charge in [0.2, 0.25) is 5.76 Å². The van der Waals surface area contributed by atoms with E-state index in [-0.39, 0.29) is 18.1 Å². The first-order chi connectivity index (χ1) is 12.0. The summed E-state index contributed by atoms with van der Waals surface area (Å²) in [7, 11) is 0. The Hall–Kier alpha value is -3.61. The second-order valence-electron chi connectivity index (χ2n) is 5.19. The van der Waals surface area contributed by atoms with Gasteiger partial charge < -0.3 is 14.3 Å². The van der Waals surface area contributed by atoms with E-state index >= 15 is 0 Å². The molecular weight excluding hydrogens is 326 g/mol. The fraction of sp³-hybridized carbons (Fsp3) is 0.0556. The monoisotopic (exact) mass is 339 g/mol. The molecule has 126 valence electrons. The zero-order valence-electron chi connectivity index (χ0n) is 12.9. The molecule has 0 unspecified atom stereocenters. The lowest BCUT2D eigenvalue weighted by Gasteiger charge is -2.06. The highest BCUT2D eigenvalue weighted by atomic mass is 16.6. The van der Waals surface area contributed by atoms with Crippen molar-refractivity contribution in [2.75, 3.05) is 0 Å². The van der Waals surface area contributed by atoms with Gasteiger partial charge in [0.15, 0.2) is 0 Å². The summed E-state index contributed by atoms with van der Waals surface area (Å²) in [6, 6.07) is 16.4. The molecule has 7 nitrogen and oxygen atoms in total. The van der Waals surface area contributed by atoms with Gasteiger partial charge in [0, 0.05) is 12.1 Å². The molecule has 1 heterocycles. The molecule has 3 aromatic rings. The summed E-state index contributed by atoms with van der Waals surface area (Å²) >= 11 is 0. The zero-order chi connectivity index (χ0) is 17.8. The number of nitrogens with zero attached hydrogens (tertiary/aromatic N) is 1. The minimum Gasteiger partial charge on any atom is -0.486 e. The third-order valence-corrected chi connectivity index (χ3v) is 3.52. The van der Waals surface area contributed by atoms with Gasteiger partial charge in [0.05, 0.1) is 4.92 Å². The summed E-state index contributed by atoms with van der Waals surface area (Å²) in [5.41, 5.74) is 1.80.